The molecule has 0 radical (unpaired) electrons. The molecule has 2 aromatic heterocycles. The highest BCUT2D eigenvalue weighted by atomic mass is 32.1. The van der Waals surface area contributed by atoms with Crippen LogP contribution < -0.4 is 16.2 Å². The van der Waals surface area contributed by atoms with E-state index in [1.54, 1.807) is 11.3 Å². The van der Waals surface area contributed by atoms with E-state index in [1.165, 1.54) is 22.7 Å². The van der Waals surface area contributed by atoms with Crippen LogP contribution in [0.25, 0.3) is 10.2 Å². The van der Waals surface area contributed by atoms with Gasteiger partial charge in [0.15, 0.2) is 6.10 Å². The number of carbonyl (C=O) groups is 3. The molecular weight excluding hydrogens is 444 g/mol. The first kappa shape index (κ1) is 23.4. The third-order valence-electron chi connectivity index (χ3n) is 6.35. The molecule has 10 heteroatoms. The first-order valence-electron chi connectivity index (χ1n) is 11.7. The van der Waals surface area contributed by atoms with Crippen molar-refractivity contribution in [3.8, 4) is 0 Å². The van der Waals surface area contributed by atoms with Crippen LogP contribution in [-0.2, 0) is 33.7 Å². The summed E-state index contributed by atoms with van der Waals surface area (Å²) in [6.45, 7) is 1.53. The summed E-state index contributed by atoms with van der Waals surface area (Å²) in [6, 6.07) is -0.498. The summed E-state index contributed by atoms with van der Waals surface area (Å²) in [5.41, 5.74) is 0.963. The lowest BCUT2D eigenvalue weighted by atomic mass is 9.96. The molecule has 0 saturated heterocycles. The summed E-state index contributed by atoms with van der Waals surface area (Å²) in [7, 11) is 0. The van der Waals surface area contributed by atoms with Crippen molar-refractivity contribution in [3.05, 3.63) is 27.1 Å². The highest BCUT2D eigenvalue weighted by molar-refractivity contribution is 7.18. The molecule has 1 unspecified atom stereocenters. The van der Waals surface area contributed by atoms with Gasteiger partial charge in [0.25, 0.3) is 11.5 Å². The number of fused-ring (bicyclic) bond motifs is 3. The van der Waals surface area contributed by atoms with E-state index in [4.69, 9.17) is 4.74 Å². The Morgan fingerprint density at radius 2 is 1.94 bits per heavy atom. The van der Waals surface area contributed by atoms with Crippen LogP contribution in [0.3, 0.4) is 0 Å². The molecule has 2 N–H and O–H groups in total. The number of ether oxygens (including phenoxy) is 1. The van der Waals surface area contributed by atoms with E-state index in [0.717, 1.165) is 68.2 Å². The average Bonchev–Trinajstić information content (AvgIpc) is 3.18. The zero-order valence-electron chi connectivity index (χ0n) is 18.9. The molecule has 2 aliphatic carbocycles. The molecule has 3 amide bonds. The lowest BCUT2D eigenvalue weighted by Crippen LogP contribution is -2.48. The van der Waals surface area contributed by atoms with Crippen LogP contribution in [0.4, 0.5) is 4.79 Å². The van der Waals surface area contributed by atoms with Crippen LogP contribution in [0.5, 0.6) is 0 Å². The fourth-order valence-electron chi connectivity index (χ4n) is 4.54. The van der Waals surface area contributed by atoms with E-state index in [-0.39, 0.29) is 24.6 Å². The van der Waals surface area contributed by atoms with E-state index >= 15 is 0 Å². The van der Waals surface area contributed by atoms with Gasteiger partial charge in [-0.2, -0.15) is 0 Å². The Morgan fingerprint density at radius 1 is 1.18 bits per heavy atom. The highest BCUT2D eigenvalue weighted by Crippen LogP contribution is 2.33. The van der Waals surface area contributed by atoms with Gasteiger partial charge in [0, 0.05) is 17.5 Å². The van der Waals surface area contributed by atoms with Crippen molar-refractivity contribution in [1.82, 2.24) is 20.2 Å². The number of carbonyl (C=O) groups excluding carboxylic acids is 3. The van der Waals surface area contributed by atoms with Gasteiger partial charge >= 0.3 is 12.0 Å². The molecule has 2 aliphatic rings. The average molecular weight is 475 g/mol. The van der Waals surface area contributed by atoms with Crippen LogP contribution in [0.1, 0.15) is 68.7 Å². The number of nitrogens with zero attached hydrogens (tertiary/aromatic N) is 2. The maximum Gasteiger partial charge on any atom is 0.321 e. The quantitative estimate of drug-likeness (QED) is 0.622. The van der Waals surface area contributed by atoms with Crippen LogP contribution in [0, 0.1) is 0 Å². The molecule has 1 saturated carbocycles. The van der Waals surface area contributed by atoms with E-state index in [0.29, 0.717) is 5.39 Å². The lowest BCUT2D eigenvalue weighted by Gasteiger charge is -2.23. The van der Waals surface area contributed by atoms with Crippen molar-refractivity contribution in [3.63, 3.8) is 0 Å². The molecule has 0 aliphatic heterocycles. The number of hydrogen-bond acceptors (Lipinski definition) is 7. The molecule has 178 valence electrons. The maximum atomic E-state index is 13.0. The number of thiophene rings is 1. The number of esters is 1. The zero-order chi connectivity index (χ0) is 23.4. The summed E-state index contributed by atoms with van der Waals surface area (Å²) in [5, 5.41) is 5.69. The lowest BCUT2D eigenvalue weighted by molar-refractivity contribution is -0.154. The number of aromatic nitrogens is 2. The molecule has 0 aromatic carbocycles. The van der Waals surface area contributed by atoms with Gasteiger partial charge < -0.3 is 10.1 Å². The molecule has 2 heterocycles. The normalized spacial score (nSPS) is 17.2. The summed E-state index contributed by atoms with van der Waals surface area (Å²) < 4.78 is 6.59. The van der Waals surface area contributed by atoms with Gasteiger partial charge in [0.2, 0.25) is 0 Å². The molecular formula is C23H30N4O5S. The first-order valence-corrected chi connectivity index (χ1v) is 12.5. The van der Waals surface area contributed by atoms with E-state index in [9.17, 15) is 19.2 Å². The third-order valence-corrected chi connectivity index (χ3v) is 7.55. The Balaban J connectivity index is 1.28. The van der Waals surface area contributed by atoms with Crippen LogP contribution >= 0.6 is 11.3 Å². The summed E-state index contributed by atoms with van der Waals surface area (Å²) >= 11 is 1.58. The van der Waals surface area contributed by atoms with Crippen molar-refractivity contribution in [1.29, 1.82) is 0 Å². The van der Waals surface area contributed by atoms with E-state index in [2.05, 4.69) is 15.6 Å². The highest BCUT2D eigenvalue weighted by Gasteiger charge is 2.23. The fourth-order valence-corrected chi connectivity index (χ4v) is 5.76. The molecule has 33 heavy (non-hydrogen) atoms. The van der Waals surface area contributed by atoms with Gasteiger partial charge in [-0.3, -0.25) is 24.3 Å². The minimum Gasteiger partial charge on any atom is -0.452 e. The van der Waals surface area contributed by atoms with Crippen LogP contribution in [0.15, 0.2) is 11.1 Å². The second-order valence-corrected chi connectivity index (χ2v) is 9.90. The van der Waals surface area contributed by atoms with Crippen molar-refractivity contribution in [2.45, 2.75) is 89.8 Å². The topological polar surface area (TPSA) is 119 Å². The second kappa shape index (κ2) is 10.5. The fraction of sp³-hybridized carbons (Fsp3) is 0.609. The second-order valence-electron chi connectivity index (χ2n) is 8.81. The smallest absolute Gasteiger partial charge is 0.321 e. The molecule has 4 rings (SSSR count). The number of imide groups is 1. The van der Waals surface area contributed by atoms with Gasteiger partial charge in [-0.1, -0.05) is 19.3 Å². The monoisotopic (exact) mass is 474 g/mol. The van der Waals surface area contributed by atoms with Crippen molar-refractivity contribution in [2.24, 2.45) is 0 Å². The summed E-state index contributed by atoms with van der Waals surface area (Å²) in [6.07, 6.45) is 9.44. The molecule has 0 bridgehead atoms. The Morgan fingerprint density at radius 3 is 2.73 bits per heavy atom. The molecule has 0 spiro atoms. The molecule has 1 fully saturated rings. The Kier molecular flexibility index (Phi) is 7.42. The number of urea groups is 1. The summed E-state index contributed by atoms with van der Waals surface area (Å²) in [4.78, 5) is 55.8. The van der Waals surface area contributed by atoms with Crippen LogP contribution in [0.2, 0.25) is 0 Å². The molecule has 9 nitrogen and oxygen atoms in total. The number of nitrogens with one attached hydrogen (secondary N) is 2. The predicted molar refractivity (Wildman–Crippen MR) is 124 cm³/mol. The number of amides is 3. The molecule has 1 atom stereocenters. The first-order chi connectivity index (χ1) is 15.9. The number of aryl methyl sites for hydroxylation is 3. The maximum absolute atomic E-state index is 13.0. The predicted octanol–water partition coefficient (Wildman–Crippen LogP) is 2.82. The van der Waals surface area contributed by atoms with Gasteiger partial charge in [-0.15, -0.1) is 11.3 Å². The molecule has 2 aromatic rings. The van der Waals surface area contributed by atoms with E-state index in [1.807, 2.05) is 0 Å². The van der Waals surface area contributed by atoms with Crippen molar-refractivity contribution < 1.29 is 19.1 Å². The van der Waals surface area contributed by atoms with Gasteiger partial charge in [0.1, 0.15) is 4.83 Å². The number of rotatable bonds is 6. The Bertz CT molecular complexity index is 1100. The standard InChI is InChI=1S/C23H30N4O5S/c1-14(20(29)26-23(31)25-15-7-3-2-4-8-15)32-18(28)11-12-27-13-24-21-19(22(27)30)16-9-5-6-10-17(16)33-21/h13-15H,2-12H2,1H3,(H2,25,26,29,31). The van der Waals surface area contributed by atoms with Crippen LogP contribution in [-0.4, -0.2) is 39.6 Å². The van der Waals surface area contributed by atoms with Gasteiger partial charge in [-0.05, 0) is 51.0 Å². The van der Waals surface area contributed by atoms with Gasteiger partial charge in [0.05, 0.1) is 18.1 Å². The number of hydrogen-bond donors (Lipinski definition) is 2. The Labute approximate surface area is 195 Å². The minimum absolute atomic E-state index is 0.0718. The minimum atomic E-state index is -1.11. The summed E-state index contributed by atoms with van der Waals surface area (Å²) in [5.74, 6) is -1.30. The van der Waals surface area contributed by atoms with E-state index < -0.39 is 24.0 Å². The Hall–Kier alpha value is -2.75. The SMILES string of the molecule is CC(OC(=O)CCn1cnc2sc3c(c2c1=O)CCCC3)C(=O)NC(=O)NC1CCCCC1. The largest absolute Gasteiger partial charge is 0.452 e. The van der Waals surface area contributed by atoms with Gasteiger partial charge in [-0.25, -0.2) is 9.78 Å². The zero-order valence-corrected chi connectivity index (χ0v) is 19.7. The van der Waals surface area contributed by atoms with Crippen molar-refractivity contribution >= 4 is 39.5 Å². The van der Waals surface area contributed by atoms with Crippen molar-refractivity contribution in [2.75, 3.05) is 0 Å². The third kappa shape index (κ3) is 5.61.